The van der Waals surface area contributed by atoms with E-state index in [1.165, 1.54) is 0 Å². The molecule has 5 rings (SSSR count). The first-order valence-electron chi connectivity index (χ1n) is 14.2. The lowest BCUT2D eigenvalue weighted by molar-refractivity contribution is 0.0708. The SMILES string of the molecule is C/C=C(/c1cccc(C(C)F)c1)c1ccc(C(=O)N2CCC(c3nc4ccccc4n3C(F)CC)CC2)cc1C. The molecule has 0 aliphatic carbocycles. The normalized spacial score (nSPS) is 16.4. The number of aromatic nitrogens is 2. The van der Waals surface area contributed by atoms with Crippen molar-refractivity contribution in [3.8, 4) is 0 Å². The second-order valence-electron chi connectivity index (χ2n) is 10.7. The zero-order valence-corrected chi connectivity index (χ0v) is 23.7. The Morgan fingerprint density at radius 3 is 2.45 bits per heavy atom. The van der Waals surface area contributed by atoms with E-state index in [0.29, 0.717) is 30.6 Å². The van der Waals surface area contributed by atoms with Crippen LogP contribution < -0.4 is 0 Å². The monoisotopic (exact) mass is 541 g/mol. The summed E-state index contributed by atoms with van der Waals surface area (Å²) in [7, 11) is 0. The van der Waals surface area contributed by atoms with E-state index in [9.17, 15) is 9.18 Å². The van der Waals surface area contributed by atoms with Gasteiger partial charge in [-0.1, -0.05) is 49.4 Å². The molecule has 0 spiro atoms. The molecule has 1 aliphatic heterocycles. The van der Waals surface area contributed by atoms with Crippen molar-refractivity contribution in [1.82, 2.24) is 14.5 Å². The summed E-state index contributed by atoms with van der Waals surface area (Å²) in [6, 6.07) is 21.1. The molecule has 1 aromatic heterocycles. The number of hydrogen-bond donors (Lipinski definition) is 0. The van der Waals surface area contributed by atoms with Crippen LogP contribution in [-0.2, 0) is 0 Å². The summed E-state index contributed by atoms with van der Waals surface area (Å²) in [5.41, 5.74) is 6.94. The number of alkyl halides is 2. The molecule has 0 radical (unpaired) electrons. The average Bonchev–Trinajstić information content (AvgIpc) is 3.37. The van der Waals surface area contributed by atoms with Crippen LogP contribution in [0.3, 0.4) is 0 Å². The van der Waals surface area contributed by atoms with Gasteiger partial charge in [-0.3, -0.25) is 9.36 Å². The summed E-state index contributed by atoms with van der Waals surface area (Å²) in [4.78, 5) is 20.2. The van der Waals surface area contributed by atoms with E-state index < -0.39 is 12.5 Å². The fraction of sp³-hybridized carbons (Fsp3) is 0.353. The van der Waals surface area contributed by atoms with E-state index in [-0.39, 0.29) is 11.8 Å². The number of fused-ring (bicyclic) bond motifs is 1. The van der Waals surface area contributed by atoms with Crippen molar-refractivity contribution in [1.29, 1.82) is 0 Å². The minimum atomic E-state index is -1.12. The Bertz CT molecular complexity index is 1550. The molecule has 208 valence electrons. The minimum Gasteiger partial charge on any atom is -0.339 e. The highest BCUT2D eigenvalue weighted by Crippen LogP contribution is 2.35. The molecular weight excluding hydrogens is 504 g/mol. The number of para-hydroxylation sites is 2. The second-order valence-corrected chi connectivity index (χ2v) is 10.7. The van der Waals surface area contributed by atoms with E-state index in [2.05, 4.69) is 0 Å². The van der Waals surface area contributed by atoms with Gasteiger partial charge in [0.1, 0.15) is 12.0 Å². The summed E-state index contributed by atoms with van der Waals surface area (Å²) >= 11 is 0. The maximum atomic E-state index is 15.0. The third-order valence-corrected chi connectivity index (χ3v) is 8.10. The number of allylic oxidation sites excluding steroid dienone is 1. The topological polar surface area (TPSA) is 38.1 Å². The number of carbonyl (C=O) groups excluding carboxylic acids is 1. The summed E-state index contributed by atoms with van der Waals surface area (Å²) in [6.07, 6.45) is 1.75. The highest BCUT2D eigenvalue weighted by molar-refractivity contribution is 5.95. The predicted octanol–water partition coefficient (Wildman–Crippen LogP) is 8.72. The zero-order valence-electron chi connectivity index (χ0n) is 23.7. The predicted molar refractivity (Wildman–Crippen MR) is 158 cm³/mol. The van der Waals surface area contributed by atoms with Crippen LogP contribution in [0.1, 0.15) is 96.9 Å². The van der Waals surface area contributed by atoms with Gasteiger partial charge in [0, 0.05) is 24.6 Å². The molecule has 0 bridgehead atoms. The molecule has 40 heavy (non-hydrogen) atoms. The molecule has 1 saturated heterocycles. The second kappa shape index (κ2) is 11.7. The quantitative estimate of drug-likeness (QED) is 0.235. The van der Waals surface area contributed by atoms with Crippen molar-refractivity contribution in [3.05, 3.63) is 106 Å². The van der Waals surface area contributed by atoms with E-state index >= 15 is 4.39 Å². The van der Waals surface area contributed by atoms with Crippen LogP contribution in [-0.4, -0.2) is 33.4 Å². The number of piperidine rings is 1. The molecule has 2 heterocycles. The van der Waals surface area contributed by atoms with Gasteiger partial charge in [-0.25, -0.2) is 13.8 Å². The molecule has 0 saturated carbocycles. The number of amides is 1. The van der Waals surface area contributed by atoms with Crippen molar-refractivity contribution >= 4 is 22.5 Å². The van der Waals surface area contributed by atoms with Gasteiger partial charge in [0.2, 0.25) is 0 Å². The van der Waals surface area contributed by atoms with Crippen molar-refractivity contribution < 1.29 is 13.6 Å². The van der Waals surface area contributed by atoms with Gasteiger partial charge in [0.25, 0.3) is 5.91 Å². The lowest BCUT2D eigenvalue weighted by Gasteiger charge is -2.32. The molecule has 1 amide bonds. The van der Waals surface area contributed by atoms with Gasteiger partial charge < -0.3 is 4.90 Å². The summed E-state index contributed by atoms with van der Waals surface area (Å²) in [5.74, 6) is 0.896. The van der Waals surface area contributed by atoms with Crippen LogP contribution in [0.15, 0.2) is 72.8 Å². The lowest BCUT2D eigenvalue weighted by atomic mass is 9.91. The molecule has 4 aromatic rings. The van der Waals surface area contributed by atoms with Crippen LogP contribution in [0.5, 0.6) is 0 Å². The number of halogens is 2. The van der Waals surface area contributed by atoms with Crippen LogP contribution in [0.4, 0.5) is 8.78 Å². The van der Waals surface area contributed by atoms with E-state index in [0.717, 1.165) is 52.0 Å². The van der Waals surface area contributed by atoms with Gasteiger partial charge in [-0.15, -0.1) is 0 Å². The first-order chi connectivity index (χ1) is 19.3. The Morgan fingerprint density at radius 2 is 1.77 bits per heavy atom. The highest BCUT2D eigenvalue weighted by Gasteiger charge is 2.30. The zero-order chi connectivity index (χ0) is 28.4. The number of hydrogen-bond acceptors (Lipinski definition) is 2. The van der Waals surface area contributed by atoms with E-state index in [1.54, 1.807) is 17.6 Å². The van der Waals surface area contributed by atoms with Gasteiger partial charge in [0.05, 0.1) is 11.0 Å². The Labute approximate surface area is 235 Å². The van der Waals surface area contributed by atoms with Crippen LogP contribution in [0.25, 0.3) is 16.6 Å². The molecule has 1 aliphatic rings. The molecule has 1 fully saturated rings. The fourth-order valence-electron chi connectivity index (χ4n) is 5.88. The third-order valence-electron chi connectivity index (χ3n) is 8.10. The highest BCUT2D eigenvalue weighted by atomic mass is 19.1. The molecule has 2 unspecified atom stereocenters. The van der Waals surface area contributed by atoms with Crippen molar-refractivity contribution in [3.63, 3.8) is 0 Å². The third kappa shape index (κ3) is 5.32. The molecule has 6 heteroatoms. The van der Waals surface area contributed by atoms with Gasteiger partial charge >= 0.3 is 0 Å². The van der Waals surface area contributed by atoms with Gasteiger partial charge in [0.15, 0.2) is 6.30 Å². The maximum absolute atomic E-state index is 15.0. The summed E-state index contributed by atoms with van der Waals surface area (Å²) < 4.78 is 30.7. The Kier molecular flexibility index (Phi) is 8.15. The summed E-state index contributed by atoms with van der Waals surface area (Å²) in [6.45, 7) is 8.58. The number of nitrogens with zero attached hydrogens (tertiary/aromatic N) is 3. The van der Waals surface area contributed by atoms with Gasteiger partial charge in [-0.2, -0.15) is 0 Å². The minimum absolute atomic E-state index is 0.00816. The molecule has 3 aromatic carbocycles. The van der Waals surface area contributed by atoms with E-state index in [4.69, 9.17) is 4.98 Å². The Balaban J connectivity index is 1.32. The fourth-order valence-corrected chi connectivity index (χ4v) is 5.88. The standard InChI is InChI=1S/C34H37F2N3O/c1-5-28(26-11-9-10-25(21-26)23(4)35)29-15-14-27(20-22(29)3)34(40)38-18-16-24(17-19-38)33-37-30-12-7-8-13-31(30)39(33)32(36)6-2/h5,7-15,20-21,23-24,32H,6,16-19H2,1-4H3/b28-5-. The van der Waals surface area contributed by atoms with Gasteiger partial charge in [-0.05, 0) is 98.2 Å². The van der Waals surface area contributed by atoms with Crippen molar-refractivity contribution in [2.75, 3.05) is 13.1 Å². The number of imidazole rings is 1. The number of aryl methyl sites for hydroxylation is 1. The number of rotatable bonds is 7. The average molecular weight is 542 g/mol. The van der Waals surface area contributed by atoms with Crippen LogP contribution in [0.2, 0.25) is 0 Å². The lowest BCUT2D eigenvalue weighted by Crippen LogP contribution is -2.38. The first-order valence-corrected chi connectivity index (χ1v) is 14.2. The number of likely N-dealkylation sites (tertiary alicyclic amines) is 1. The van der Waals surface area contributed by atoms with Crippen molar-refractivity contribution in [2.24, 2.45) is 0 Å². The van der Waals surface area contributed by atoms with Crippen LogP contribution >= 0.6 is 0 Å². The van der Waals surface area contributed by atoms with Crippen LogP contribution in [0, 0.1) is 6.92 Å². The Hall–Kier alpha value is -3.80. The maximum Gasteiger partial charge on any atom is 0.253 e. The number of carbonyl (C=O) groups is 1. The van der Waals surface area contributed by atoms with Crippen molar-refractivity contribution in [2.45, 2.75) is 65.3 Å². The largest absolute Gasteiger partial charge is 0.339 e. The van der Waals surface area contributed by atoms with E-state index in [1.807, 2.05) is 92.4 Å². The molecular formula is C34H37F2N3O. The first kappa shape index (κ1) is 27.8. The molecule has 0 N–H and O–H groups in total. The molecule has 2 atom stereocenters. The Morgan fingerprint density at radius 1 is 1.02 bits per heavy atom. The molecule has 4 nitrogen and oxygen atoms in total. The smallest absolute Gasteiger partial charge is 0.253 e. The number of benzene rings is 3. The summed E-state index contributed by atoms with van der Waals surface area (Å²) in [5, 5.41) is 0.